The van der Waals surface area contributed by atoms with Gasteiger partial charge >= 0.3 is 0 Å². The fourth-order valence-electron chi connectivity index (χ4n) is 1.72. The fraction of sp³-hybridized carbons (Fsp3) is 0.308. The second kappa shape index (κ2) is 6.02. The average Bonchev–Trinajstić information content (AvgIpc) is 2.74. The van der Waals surface area contributed by atoms with Gasteiger partial charge in [0.25, 0.3) is 0 Å². The van der Waals surface area contributed by atoms with E-state index in [0.29, 0.717) is 5.82 Å². The molecule has 0 spiro atoms. The Labute approximate surface area is 115 Å². The number of aromatic nitrogens is 1. The molecule has 0 saturated heterocycles. The fourth-order valence-corrected chi connectivity index (χ4v) is 1.98. The number of anilines is 1. The highest BCUT2D eigenvalue weighted by atomic mass is 79.9. The number of nitrogens with zero attached hydrogens (tertiary/aromatic N) is 2. The van der Waals surface area contributed by atoms with Crippen molar-refractivity contribution in [1.82, 2.24) is 10.1 Å². The molecule has 0 unspecified atom stereocenters. The van der Waals surface area contributed by atoms with Gasteiger partial charge in [-0.2, -0.15) is 0 Å². The van der Waals surface area contributed by atoms with Crippen molar-refractivity contribution in [2.24, 2.45) is 0 Å². The van der Waals surface area contributed by atoms with E-state index in [2.05, 4.69) is 57.3 Å². The van der Waals surface area contributed by atoms with Gasteiger partial charge in [-0.25, -0.2) is 0 Å². The Bertz CT molecular complexity index is 495. The van der Waals surface area contributed by atoms with Gasteiger partial charge in [0, 0.05) is 17.1 Å². The van der Waals surface area contributed by atoms with E-state index >= 15 is 0 Å². The quantitative estimate of drug-likeness (QED) is 0.922. The lowest BCUT2D eigenvalue weighted by Gasteiger charge is -2.14. The van der Waals surface area contributed by atoms with Gasteiger partial charge < -0.3 is 10.3 Å². The second-order valence-electron chi connectivity index (χ2n) is 4.33. The predicted molar refractivity (Wildman–Crippen MR) is 75.1 cm³/mol. The highest BCUT2D eigenvalue weighted by molar-refractivity contribution is 9.10. The monoisotopic (exact) mass is 309 g/mol. The summed E-state index contributed by atoms with van der Waals surface area (Å²) >= 11 is 3.43. The molecule has 0 bridgehead atoms. The maximum atomic E-state index is 5.51. The number of halogens is 1. The summed E-state index contributed by atoms with van der Waals surface area (Å²) in [5.74, 6) is 1.23. The number of hydrogen-bond acceptors (Lipinski definition) is 4. The van der Waals surface area contributed by atoms with Gasteiger partial charge in [-0.15, -0.1) is 0 Å². The topological polar surface area (TPSA) is 55.3 Å². The van der Waals surface area contributed by atoms with Crippen LogP contribution in [0, 0.1) is 0 Å². The number of likely N-dealkylation sites (N-methyl/N-ethyl adjacent to an activating group) is 1. The van der Waals surface area contributed by atoms with Crippen LogP contribution in [0.1, 0.15) is 11.3 Å². The number of benzene rings is 1. The van der Waals surface area contributed by atoms with Gasteiger partial charge in [0.2, 0.25) is 0 Å². The Balaban J connectivity index is 1.81. The number of rotatable bonds is 5. The normalized spacial score (nSPS) is 11.1. The molecule has 2 N–H and O–H groups in total. The van der Waals surface area contributed by atoms with Gasteiger partial charge in [0.1, 0.15) is 0 Å². The lowest BCUT2D eigenvalue weighted by molar-refractivity contribution is 0.275. The minimum atomic E-state index is 0.436. The van der Waals surface area contributed by atoms with Crippen LogP contribution in [0.25, 0.3) is 0 Å². The Morgan fingerprint density at radius 3 is 2.67 bits per heavy atom. The molecule has 0 atom stereocenters. The van der Waals surface area contributed by atoms with Crippen LogP contribution in [0.2, 0.25) is 0 Å². The summed E-state index contributed by atoms with van der Waals surface area (Å²) in [5, 5.41) is 3.67. The minimum Gasteiger partial charge on any atom is -0.381 e. The first-order valence-corrected chi connectivity index (χ1v) is 6.57. The molecule has 96 valence electrons. The predicted octanol–water partition coefficient (Wildman–Crippen LogP) is 2.69. The van der Waals surface area contributed by atoms with Crippen LogP contribution in [0.15, 0.2) is 39.3 Å². The van der Waals surface area contributed by atoms with Crippen LogP contribution < -0.4 is 5.73 Å². The molecule has 1 aromatic heterocycles. The molecule has 0 aliphatic carbocycles. The molecule has 18 heavy (non-hydrogen) atoms. The smallest absolute Gasteiger partial charge is 0.167 e. The van der Waals surface area contributed by atoms with Crippen LogP contribution >= 0.6 is 15.9 Å². The Hall–Kier alpha value is -1.33. The molecule has 1 heterocycles. The molecular formula is C13H16BrN3O. The van der Waals surface area contributed by atoms with Crippen molar-refractivity contribution in [1.29, 1.82) is 0 Å². The number of hydrogen-bond donors (Lipinski definition) is 1. The Kier molecular flexibility index (Phi) is 4.38. The number of nitrogen functional groups attached to an aromatic ring is 1. The van der Waals surface area contributed by atoms with Crippen molar-refractivity contribution in [3.8, 4) is 0 Å². The standard InChI is InChI=1S/C13H16BrN3O/c1-17(9-12-8-13(15)16-18-12)7-6-10-2-4-11(14)5-3-10/h2-5,8H,6-7,9H2,1H3,(H2,15,16). The molecule has 0 fully saturated rings. The van der Waals surface area contributed by atoms with E-state index in [4.69, 9.17) is 10.3 Å². The van der Waals surface area contributed by atoms with Crippen LogP contribution in [0.4, 0.5) is 5.82 Å². The van der Waals surface area contributed by atoms with Crippen LogP contribution in [-0.2, 0) is 13.0 Å². The summed E-state index contributed by atoms with van der Waals surface area (Å²) < 4.78 is 6.19. The van der Waals surface area contributed by atoms with E-state index in [1.54, 1.807) is 6.07 Å². The van der Waals surface area contributed by atoms with Gasteiger partial charge in [-0.1, -0.05) is 33.2 Å². The Morgan fingerprint density at radius 1 is 1.33 bits per heavy atom. The average molecular weight is 310 g/mol. The third-order valence-corrected chi connectivity index (χ3v) is 3.23. The summed E-state index contributed by atoms with van der Waals surface area (Å²) in [5.41, 5.74) is 6.83. The zero-order chi connectivity index (χ0) is 13.0. The van der Waals surface area contributed by atoms with E-state index in [9.17, 15) is 0 Å². The summed E-state index contributed by atoms with van der Waals surface area (Å²) in [6.45, 7) is 1.68. The van der Waals surface area contributed by atoms with Crippen molar-refractivity contribution in [3.63, 3.8) is 0 Å². The third kappa shape index (κ3) is 3.85. The first-order chi connectivity index (χ1) is 8.63. The summed E-state index contributed by atoms with van der Waals surface area (Å²) in [6.07, 6.45) is 1.01. The molecule has 0 amide bonds. The summed E-state index contributed by atoms with van der Waals surface area (Å²) in [7, 11) is 2.05. The van der Waals surface area contributed by atoms with Crippen molar-refractivity contribution in [2.75, 3.05) is 19.3 Å². The van der Waals surface area contributed by atoms with Crippen molar-refractivity contribution in [2.45, 2.75) is 13.0 Å². The molecule has 2 rings (SSSR count). The summed E-state index contributed by atoms with van der Waals surface area (Å²) in [4.78, 5) is 2.18. The number of nitrogens with two attached hydrogens (primary N) is 1. The SMILES string of the molecule is CN(CCc1ccc(Br)cc1)Cc1cc(N)no1. The van der Waals surface area contributed by atoms with E-state index in [0.717, 1.165) is 29.7 Å². The van der Waals surface area contributed by atoms with Crippen LogP contribution in [0.5, 0.6) is 0 Å². The van der Waals surface area contributed by atoms with E-state index in [1.807, 2.05) is 0 Å². The first-order valence-electron chi connectivity index (χ1n) is 5.77. The molecule has 0 aliphatic rings. The Morgan fingerprint density at radius 2 is 2.06 bits per heavy atom. The summed E-state index contributed by atoms with van der Waals surface area (Å²) in [6, 6.07) is 10.1. The van der Waals surface area contributed by atoms with Crippen molar-refractivity contribution >= 4 is 21.7 Å². The van der Waals surface area contributed by atoms with Gasteiger partial charge in [-0.05, 0) is 31.2 Å². The highest BCUT2D eigenvalue weighted by Crippen LogP contribution is 2.12. The zero-order valence-corrected chi connectivity index (χ0v) is 11.9. The van der Waals surface area contributed by atoms with Crippen LogP contribution in [0.3, 0.4) is 0 Å². The van der Waals surface area contributed by atoms with Crippen molar-refractivity contribution in [3.05, 3.63) is 46.1 Å². The van der Waals surface area contributed by atoms with E-state index < -0.39 is 0 Å². The minimum absolute atomic E-state index is 0.436. The van der Waals surface area contributed by atoms with Gasteiger partial charge in [0.15, 0.2) is 11.6 Å². The molecule has 2 aromatic rings. The van der Waals surface area contributed by atoms with Crippen LogP contribution in [-0.4, -0.2) is 23.6 Å². The lowest BCUT2D eigenvalue weighted by atomic mass is 10.1. The zero-order valence-electron chi connectivity index (χ0n) is 10.3. The van der Waals surface area contributed by atoms with E-state index in [1.165, 1.54) is 5.56 Å². The molecule has 1 aromatic carbocycles. The highest BCUT2D eigenvalue weighted by Gasteiger charge is 2.05. The third-order valence-electron chi connectivity index (χ3n) is 2.70. The van der Waals surface area contributed by atoms with Gasteiger partial charge in [-0.3, -0.25) is 4.90 Å². The van der Waals surface area contributed by atoms with Gasteiger partial charge in [0.05, 0.1) is 6.54 Å². The van der Waals surface area contributed by atoms with E-state index in [-0.39, 0.29) is 0 Å². The maximum Gasteiger partial charge on any atom is 0.167 e. The largest absolute Gasteiger partial charge is 0.381 e. The molecular weight excluding hydrogens is 294 g/mol. The molecule has 0 aliphatic heterocycles. The first kappa shape index (κ1) is 13.1. The second-order valence-corrected chi connectivity index (χ2v) is 5.25. The molecule has 0 radical (unpaired) electrons. The molecule has 5 heteroatoms. The molecule has 4 nitrogen and oxygen atoms in total. The lowest BCUT2D eigenvalue weighted by Crippen LogP contribution is -2.20. The molecule has 0 saturated carbocycles. The van der Waals surface area contributed by atoms with Crippen molar-refractivity contribution < 1.29 is 4.52 Å². The maximum absolute atomic E-state index is 5.51.